The quantitative estimate of drug-likeness (QED) is 0.400. The monoisotopic (exact) mass is 266 g/mol. The highest BCUT2D eigenvalue weighted by molar-refractivity contribution is 7.80. The SMILES string of the molecule is CC1O[C@@H](OCCCCCS)C(O)C(O)[C@@H]1O. The largest absolute Gasteiger partial charge is 0.388 e. The maximum atomic E-state index is 9.66. The second kappa shape index (κ2) is 7.56. The van der Waals surface area contributed by atoms with Crippen LogP contribution < -0.4 is 0 Å². The molecular weight excluding hydrogens is 244 g/mol. The first kappa shape index (κ1) is 15.2. The Kier molecular flexibility index (Phi) is 6.76. The Morgan fingerprint density at radius 2 is 1.76 bits per heavy atom. The van der Waals surface area contributed by atoms with Crippen molar-refractivity contribution in [2.24, 2.45) is 0 Å². The number of aliphatic hydroxyl groups excluding tert-OH is 3. The number of thiol groups is 1. The van der Waals surface area contributed by atoms with E-state index in [-0.39, 0.29) is 0 Å². The summed E-state index contributed by atoms with van der Waals surface area (Å²) in [6.07, 6.45) is -2.01. The molecule has 0 aliphatic carbocycles. The van der Waals surface area contributed by atoms with E-state index >= 15 is 0 Å². The summed E-state index contributed by atoms with van der Waals surface area (Å²) in [4.78, 5) is 0. The summed E-state index contributed by atoms with van der Waals surface area (Å²) in [5, 5.41) is 28.7. The molecule has 3 unspecified atom stereocenters. The van der Waals surface area contributed by atoms with Crippen LogP contribution in [-0.4, -0.2) is 58.4 Å². The summed E-state index contributed by atoms with van der Waals surface area (Å²) in [6.45, 7) is 2.10. The van der Waals surface area contributed by atoms with Crippen molar-refractivity contribution in [2.75, 3.05) is 12.4 Å². The van der Waals surface area contributed by atoms with Crippen LogP contribution in [0.25, 0.3) is 0 Å². The molecule has 1 aliphatic heterocycles. The lowest BCUT2D eigenvalue weighted by atomic mass is 10.0. The van der Waals surface area contributed by atoms with E-state index in [1.807, 2.05) is 0 Å². The van der Waals surface area contributed by atoms with Crippen molar-refractivity contribution in [3.8, 4) is 0 Å². The fourth-order valence-corrected chi connectivity index (χ4v) is 1.96. The lowest BCUT2D eigenvalue weighted by Gasteiger charge is -2.38. The van der Waals surface area contributed by atoms with Gasteiger partial charge in [0.25, 0.3) is 0 Å². The van der Waals surface area contributed by atoms with Gasteiger partial charge in [-0.1, -0.05) is 6.42 Å². The molecule has 3 N–H and O–H groups in total. The zero-order chi connectivity index (χ0) is 12.8. The van der Waals surface area contributed by atoms with Crippen LogP contribution in [0, 0.1) is 0 Å². The second-order valence-corrected chi connectivity index (χ2v) is 4.78. The molecule has 0 aromatic rings. The van der Waals surface area contributed by atoms with Crippen LogP contribution in [0.2, 0.25) is 0 Å². The van der Waals surface area contributed by atoms with Crippen molar-refractivity contribution in [1.29, 1.82) is 0 Å². The molecule has 0 bridgehead atoms. The van der Waals surface area contributed by atoms with Gasteiger partial charge in [-0.25, -0.2) is 0 Å². The van der Waals surface area contributed by atoms with Crippen molar-refractivity contribution in [3.63, 3.8) is 0 Å². The number of rotatable bonds is 6. The summed E-state index contributed by atoms with van der Waals surface area (Å²) in [5.41, 5.74) is 0. The van der Waals surface area contributed by atoms with Gasteiger partial charge in [-0.2, -0.15) is 12.6 Å². The minimum Gasteiger partial charge on any atom is -0.388 e. The maximum Gasteiger partial charge on any atom is 0.186 e. The number of unbranched alkanes of at least 4 members (excludes halogenated alkanes) is 2. The average molecular weight is 266 g/mol. The number of ether oxygens (including phenoxy) is 2. The molecule has 102 valence electrons. The molecule has 17 heavy (non-hydrogen) atoms. The molecular formula is C11H22O5S. The predicted octanol–water partition coefficient (Wildman–Crippen LogP) is -0.0694. The molecule has 0 saturated carbocycles. The third-order valence-electron chi connectivity index (χ3n) is 2.89. The minimum absolute atomic E-state index is 0.463. The van der Waals surface area contributed by atoms with Gasteiger partial charge in [0.1, 0.15) is 18.3 Å². The van der Waals surface area contributed by atoms with Gasteiger partial charge in [0, 0.05) is 6.61 Å². The molecule has 1 rings (SSSR count). The minimum atomic E-state index is -1.22. The van der Waals surface area contributed by atoms with E-state index in [9.17, 15) is 15.3 Å². The van der Waals surface area contributed by atoms with Gasteiger partial charge in [-0.05, 0) is 25.5 Å². The molecule has 0 aromatic carbocycles. The van der Waals surface area contributed by atoms with E-state index in [0.29, 0.717) is 6.61 Å². The standard InChI is InChI=1S/C11H22O5S/c1-7-8(12)9(13)10(14)11(16-7)15-5-3-2-4-6-17/h7-14,17H,2-6H2,1H3/t7?,8-,9?,10?,11-/m1/s1. The highest BCUT2D eigenvalue weighted by atomic mass is 32.1. The molecule has 6 heteroatoms. The molecule has 1 aliphatic rings. The number of aliphatic hydroxyl groups is 3. The first-order valence-corrected chi connectivity index (χ1v) is 6.63. The zero-order valence-corrected chi connectivity index (χ0v) is 10.9. The Hall–Kier alpha value is 0.150. The molecule has 1 saturated heterocycles. The third-order valence-corrected chi connectivity index (χ3v) is 3.21. The predicted molar refractivity (Wildman–Crippen MR) is 66.0 cm³/mol. The number of hydrogen-bond donors (Lipinski definition) is 4. The van der Waals surface area contributed by atoms with E-state index in [1.165, 1.54) is 0 Å². The van der Waals surface area contributed by atoms with Crippen LogP contribution in [0.4, 0.5) is 0 Å². The van der Waals surface area contributed by atoms with Crippen molar-refractivity contribution in [2.45, 2.75) is 56.9 Å². The maximum absolute atomic E-state index is 9.66. The molecule has 0 aromatic heterocycles. The van der Waals surface area contributed by atoms with Crippen molar-refractivity contribution < 1.29 is 24.8 Å². The Morgan fingerprint density at radius 3 is 2.41 bits per heavy atom. The smallest absolute Gasteiger partial charge is 0.186 e. The van der Waals surface area contributed by atoms with Gasteiger partial charge in [0.05, 0.1) is 6.10 Å². The van der Waals surface area contributed by atoms with E-state index in [1.54, 1.807) is 6.92 Å². The van der Waals surface area contributed by atoms with Gasteiger partial charge in [0.15, 0.2) is 6.29 Å². The summed E-state index contributed by atoms with van der Waals surface area (Å²) < 4.78 is 10.7. The topological polar surface area (TPSA) is 79.2 Å². The van der Waals surface area contributed by atoms with Crippen molar-refractivity contribution in [3.05, 3.63) is 0 Å². The Balaban J connectivity index is 2.28. The first-order chi connectivity index (χ1) is 8.07. The second-order valence-electron chi connectivity index (χ2n) is 4.34. The molecule has 0 spiro atoms. The van der Waals surface area contributed by atoms with Crippen molar-refractivity contribution >= 4 is 12.6 Å². The summed E-state index contributed by atoms with van der Waals surface area (Å²) >= 11 is 4.11. The molecule has 1 fully saturated rings. The fourth-order valence-electron chi connectivity index (χ4n) is 1.74. The molecule has 0 amide bonds. The average Bonchev–Trinajstić information content (AvgIpc) is 2.32. The lowest BCUT2D eigenvalue weighted by Crippen LogP contribution is -2.57. The van der Waals surface area contributed by atoms with E-state index < -0.39 is 30.7 Å². The van der Waals surface area contributed by atoms with Gasteiger partial charge in [-0.3, -0.25) is 0 Å². The highest BCUT2D eigenvalue weighted by Crippen LogP contribution is 2.21. The lowest BCUT2D eigenvalue weighted by molar-refractivity contribution is -0.293. The summed E-state index contributed by atoms with van der Waals surface area (Å²) in [6, 6.07) is 0. The van der Waals surface area contributed by atoms with Crippen LogP contribution in [-0.2, 0) is 9.47 Å². The Bertz CT molecular complexity index is 216. The molecule has 5 atom stereocenters. The zero-order valence-electron chi connectivity index (χ0n) is 10.0. The molecule has 5 nitrogen and oxygen atoms in total. The summed E-state index contributed by atoms with van der Waals surface area (Å²) in [7, 11) is 0. The molecule has 0 radical (unpaired) electrons. The Morgan fingerprint density at radius 1 is 1.06 bits per heavy atom. The van der Waals surface area contributed by atoms with Crippen LogP contribution in [0.15, 0.2) is 0 Å². The van der Waals surface area contributed by atoms with Crippen LogP contribution in [0.1, 0.15) is 26.2 Å². The fraction of sp³-hybridized carbons (Fsp3) is 1.00. The van der Waals surface area contributed by atoms with Crippen molar-refractivity contribution in [1.82, 2.24) is 0 Å². The van der Waals surface area contributed by atoms with Gasteiger partial charge in [0.2, 0.25) is 0 Å². The van der Waals surface area contributed by atoms with E-state index in [2.05, 4.69) is 12.6 Å². The molecule has 1 heterocycles. The van der Waals surface area contributed by atoms with Gasteiger partial charge >= 0.3 is 0 Å². The van der Waals surface area contributed by atoms with Crippen LogP contribution in [0.3, 0.4) is 0 Å². The Labute approximate surface area is 107 Å². The third kappa shape index (κ3) is 4.39. The van der Waals surface area contributed by atoms with E-state index in [0.717, 1.165) is 25.0 Å². The summed E-state index contributed by atoms with van der Waals surface area (Å²) in [5.74, 6) is 0.852. The van der Waals surface area contributed by atoms with Gasteiger partial charge in [-0.15, -0.1) is 0 Å². The normalized spacial score (nSPS) is 38.3. The van der Waals surface area contributed by atoms with E-state index in [4.69, 9.17) is 9.47 Å². The first-order valence-electron chi connectivity index (χ1n) is 6.00. The van der Waals surface area contributed by atoms with Crippen LogP contribution >= 0.6 is 12.6 Å². The highest BCUT2D eigenvalue weighted by Gasteiger charge is 2.42. The van der Waals surface area contributed by atoms with Crippen LogP contribution in [0.5, 0.6) is 0 Å². The number of hydrogen-bond acceptors (Lipinski definition) is 6. The van der Waals surface area contributed by atoms with Gasteiger partial charge < -0.3 is 24.8 Å².